The van der Waals surface area contributed by atoms with Crippen LogP contribution in [-0.2, 0) is 10.9 Å². The van der Waals surface area contributed by atoms with Crippen molar-refractivity contribution in [1.82, 2.24) is 4.98 Å². The van der Waals surface area contributed by atoms with E-state index >= 15 is 0 Å². The van der Waals surface area contributed by atoms with Gasteiger partial charge in [-0.25, -0.2) is 4.98 Å². The minimum Gasteiger partial charge on any atom is -0.469 e. The van der Waals surface area contributed by atoms with Crippen molar-refractivity contribution < 1.29 is 22.6 Å². The highest BCUT2D eigenvalue weighted by atomic mass is 19.4. The summed E-state index contributed by atoms with van der Waals surface area (Å²) in [6, 6.07) is 1.79. The van der Waals surface area contributed by atoms with E-state index in [9.17, 15) is 13.2 Å². The van der Waals surface area contributed by atoms with Gasteiger partial charge in [-0.2, -0.15) is 13.2 Å². The summed E-state index contributed by atoms with van der Waals surface area (Å²) >= 11 is 0. The van der Waals surface area contributed by atoms with Crippen LogP contribution in [0.4, 0.5) is 13.2 Å². The van der Waals surface area contributed by atoms with E-state index in [-0.39, 0.29) is 12.0 Å². The van der Waals surface area contributed by atoms with Crippen molar-refractivity contribution in [3.63, 3.8) is 0 Å². The van der Waals surface area contributed by atoms with Gasteiger partial charge in [0.15, 0.2) is 0 Å². The van der Waals surface area contributed by atoms with Crippen molar-refractivity contribution in [3.05, 3.63) is 23.9 Å². The van der Waals surface area contributed by atoms with Crippen LogP contribution in [0.1, 0.15) is 5.56 Å². The van der Waals surface area contributed by atoms with Gasteiger partial charge in [-0.1, -0.05) is 0 Å². The molecule has 0 unspecified atom stereocenters. The number of aromatic nitrogens is 1. The first-order valence-electron chi connectivity index (χ1n) is 4.33. The SMILES string of the molecule is FC(F)(F)c1ccnc(OC2COC2)c1. The first-order valence-corrected chi connectivity index (χ1v) is 4.33. The molecule has 1 aromatic rings. The fraction of sp³-hybridized carbons (Fsp3) is 0.444. The molecule has 0 aromatic carbocycles. The van der Waals surface area contributed by atoms with Gasteiger partial charge < -0.3 is 9.47 Å². The number of rotatable bonds is 2. The Kier molecular flexibility index (Phi) is 2.52. The zero-order chi connectivity index (χ0) is 10.9. The normalized spacial score (nSPS) is 17.3. The van der Waals surface area contributed by atoms with E-state index in [1.807, 2.05) is 0 Å². The Balaban J connectivity index is 2.11. The van der Waals surface area contributed by atoms with Crippen LogP contribution in [0.2, 0.25) is 0 Å². The fourth-order valence-corrected chi connectivity index (χ4v) is 1.10. The van der Waals surface area contributed by atoms with Gasteiger partial charge in [0.2, 0.25) is 5.88 Å². The maximum atomic E-state index is 12.3. The molecule has 15 heavy (non-hydrogen) atoms. The predicted molar refractivity (Wildman–Crippen MR) is 44.5 cm³/mol. The maximum Gasteiger partial charge on any atom is 0.416 e. The Morgan fingerprint density at radius 1 is 1.40 bits per heavy atom. The Bertz CT molecular complexity index is 349. The molecule has 82 valence electrons. The highest BCUT2D eigenvalue weighted by Crippen LogP contribution is 2.30. The second-order valence-corrected chi connectivity index (χ2v) is 3.16. The molecule has 1 fully saturated rings. The molecule has 0 bridgehead atoms. The molecule has 0 aliphatic carbocycles. The fourth-order valence-electron chi connectivity index (χ4n) is 1.10. The van der Waals surface area contributed by atoms with Crippen LogP contribution < -0.4 is 4.74 Å². The van der Waals surface area contributed by atoms with E-state index in [1.54, 1.807) is 0 Å². The molecule has 0 N–H and O–H groups in total. The van der Waals surface area contributed by atoms with E-state index < -0.39 is 11.7 Å². The quantitative estimate of drug-likeness (QED) is 0.761. The first kappa shape index (κ1) is 10.2. The lowest BCUT2D eigenvalue weighted by molar-refractivity contribution is -0.138. The first-order chi connectivity index (χ1) is 7.05. The summed E-state index contributed by atoms with van der Waals surface area (Å²) in [4.78, 5) is 3.70. The second kappa shape index (κ2) is 3.69. The summed E-state index contributed by atoms with van der Waals surface area (Å²) in [5, 5.41) is 0. The third-order valence-electron chi connectivity index (χ3n) is 1.96. The summed E-state index contributed by atoms with van der Waals surface area (Å²) < 4.78 is 46.9. The molecule has 0 atom stereocenters. The lowest BCUT2D eigenvalue weighted by atomic mass is 10.2. The number of alkyl halides is 3. The van der Waals surface area contributed by atoms with Crippen LogP contribution >= 0.6 is 0 Å². The average molecular weight is 219 g/mol. The molecule has 2 heterocycles. The van der Waals surface area contributed by atoms with Gasteiger partial charge in [0.05, 0.1) is 18.8 Å². The molecular weight excluding hydrogens is 211 g/mol. The van der Waals surface area contributed by atoms with Gasteiger partial charge in [0, 0.05) is 12.3 Å². The zero-order valence-electron chi connectivity index (χ0n) is 7.62. The zero-order valence-corrected chi connectivity index (χ0v) is 7.62. The Hall–Kier alpha value is -1.30. The van der Waals surface area contributed by atoms with Gasteiger partial charge in [-0.15, -0.1) is 0 Å². The van der Waals surface area contributed by atoms with E-state index in [2.05, 4.69) is 4.98 Å². The van der Waals surface area contributed by atoms with Crippen molar-refractivity contribution in [1.29, 1.82) is 0 Å². The second-order valence-electron chi connectivity index (χ2n) is 3.16. The molecule has 1 saturated heterocycles. The molecule has 6 heteroatoms. The molecule has 0 radical (unpaired) electrons. The van der Waals surface area contributed by atoms with Gasteiger partial charge in [0.1, 0.15) is 6.10 Å². The van der Waals surface area contributed by atoms with Crippen molar-refractivity contribution in [3.8, 4) is 5.88 Å². The molecule has 1 aliphatic rings. The number of hydrogen-bond acceptors (Lipinski definition) is 3. The molecule has 3 nitrogen and oxygen atoms in total. The van der Waals surface area contributed by atoms with E-state index in [4.69, 9.17) is 9.47 Å². The average Bonchev–Trinajstić information content (AvgIpc) is 2.11. The number of ether oxygens (including phenoxy) is 2. The van der Waals surface area contributed by atoms with Crippen LogP contribution in [0.5, 0.6) is 5.88 Å². The molecule has 1 aromatic heterocycles. The summed E-state index contributed by atoms with van der Waals surface area (Å²) in [7, 11) is 0. The van der Waals surface area contributed by atoms with Crippen LogP contribution in [-0.4, -0.2) is 24.3 Å². The van der Waals surface area contributed by atoms with Gasteiger partial charge >= 0.3 is 6.18 Å². The highest BCUT2D eigenvalue weighted by Gasteiger charge is 2.31. The van der Waals surface area contributed by atoms with Crippen molar-refractivity contribution in [2.24, 2.45) is 0 Å². The molecular formula is C9H8F3NO2. The standard InChI is InChI=1S/C9H8F3NO2/c10-9(11,12)6-1-2-13-8(3-6)15-7-4-14-5-7/h1-3,7H,4-5H2. The summed E-state index contributed by atoms with van der Waals surface area (Å²) in [5.74, 6) is -0.0156. The number of hydrogen-bond donors (Lipinski definition) is 0. The molecule has 1 aliphatic heterocycles. The topological polar surface area (TPSA) is 31.4 Å². The van der Waals surface area contributed by atoms with Gasteiger partial charge in [0.25, 0.3) is 0 Å². The lowest BCUT2D eigenvalue weighted by Crippen LogP contribution is -2.38. The number of pyridine rings is 1. The lowest BCUT2D eigenvalue weighted by Gasteiger charge is -2.26. The van der Waals surface area contributed by atoms with Crippen molar-refractivity contribution >= 4 is 0 Å². The predicted octanol–water partition coefficient (Wildman–Crippen LogP) is 1.88. The van der Waals surface area contributed by atoms with Crippen molar-refractivity contribution in [2.45, 2.75) is 12.3 Å². The Labute approximate surface area is 83.8 Å². The van der Waals surface area contributed by atoms with E-state index in [1.165, 1.54) is 0 Å². The molecule has 2 rings (SSSR count). The van der Waals surface area contributed by atoms with Crippen LogP contribution in [0.25, 0.3) is 0 Å². The summed E-state index contributed by atoms with van der Waals surface area (Å²) in [5.41, 5.74) is -0.757. The smallest absolute Gasteiger partial charge is 0.416 e. The number of halogens is 3. The highest BCUT2D eigenvalue weighted by molar-refractivity contribution is 5.23. The van der Waals surface area contributed by atoms with E-state index in [0.29, 0.717) is 13.2 Å². The monoisotopic (exact) mass is 219 g/mol. The maximum absolute atomic E-state index is 12.3. The van der Waals surface area contributed by atoms with Gasteiger partial charge in [-0.3, -0.25) is 0 Å². The third-order valence-corrected chi connectivity index (χ3v) is 1.96. The summed E-state index contributed by atoms with van der Waals surface area (Å²) in [6.45, 7) is 0.801. The minimum atomic E-state index is -4.36. The van der Waals surface area contributed by atoms with Crippen LogP contribution in [0, 0.1) is 0 Å². The van der Waals surface area contributed by atoms with Crippen LogP contribution in [0.15, 0.2) is 18.3 Å². The third kappa shape index (κ3) is 2.38. The largest absolute Gasteiger partial charge is 0.469 e. The Morgan fingerprint density at radius 3 is 2.67 bits per heavy atom. The summed E-state index contributed by atoms with van der Waals surface area (Å²) in [6.07, 6.45) is -3.46. The molecule has 0 amide bonds. The minimum absolute atomic E-state index is 0.0156. The number of nitrogens with zero attached hydrogens (tertiary/aromatic N) is 1. The Morgan fingerprint density at radius 2 is 2.13 bits per heavy atom. The van der Waals surface area contributed by atoms with Crippen molar-refractivity contribution in [2.75, 3.05) is 13.2 Å². The van der Waals surface area contributed by atoms with E-state index in [0.717, 1.165) is 18.3 Å². The molecule has 0 spiro atoms. The van der Waals surface area contributed by atoms with Gasteiger partial charge in [-0.05, 0) is 6.07 Å². The van der Waals surface area contributed by atoms with Crippen LogP contribution in [0.3, 0.4) is 0 Å². The molecule has 0 saturated carbocycles.